The summed E-state index contributed by atoms with van der Waals surface area (Å²) in [6, 6.07) is 7.76. The van der Waals surface area contributed by atoms with Gasteiger partial charge in [0.2, 0.25) is 0 Å². The Morgan fingerprint density at radius 2 is 2.00 bits per heavy atom. The third kappa shape index (κ3) is 2.17. The van der Waals surface area contributed by atoms with Crippen LogP contribution in [0.5, 0.6) is 5.75 Å². The van der Waals surface area contributed by atoms with E-state index in [4.69, 9.17) is 4.74 Å². The zero-order valence-corrected chi connectivity index (χ0v) is 11.0. The van der Waals surface area contributed by atoms with Gasteiger partial charge in [-0.2, -0.15) is 0 Å². The Labute approximate surface area is 108 Å². The average Bonchev–Trinajstić information content (AvgIpc) is 2.42. The van der Waals surface area contributed by atoms with Gasteiger partial charge in [0.25, 0.3) is 0 Å². The molecule has 96 valence electrons. The first-order valence-electron chi connectivity index (χ1n) is 6.34. The van der Waals surface area contributed by atoms with Crippen molar-refractivity contribution in [2.45, 2.75) is 31.1 Å². The number of aliphatic imine (C=N–C) groups is 1. The molecule has 0 radical (unpaired) electrons. The highest BCUT2D eigenvalue weighted by molar-refractivity contribution is 6.06. The van der Waals surface area contributed by atoms with E-state index in [1.807, 2.05) is 30.5 Å². The van der Waals surface area contributed by atoms with Crippen molar-refractivity contribution in [3.05, 3.63) is 29.8 Å². The first kappa shape index (κ1) is 12.8. The van der Waals surface area contributed by atoms with Gasteiger partial charge in [-0.3, -0.25) is 9.79 Å². The fourth-order valence-electron chi connectivity index (χ4n) is 2.68. The topological polar surface area (TPSA) is 38.7 Å². The summed E-state index contributed by atoms with van der Waals surface area (Å²) in [7, 11) is 3.37. The molecule has 0 bridgehead atoms. The molecule has 2 rings (SSSR count). The quantitative estimate of drug-likeness (QED) is 0.768. The number of rotatable bonds is 3. The molecule has 0 aliphatic heterocycles. The summed E-state index contributed by atoms with van der Waals surface area (Å²) < 4.78 is 5.16. The highest BCUT2D eigenvalue weighted by Crippen LogP contribution is 2.36. The van der Waals surface area contributed by atoms with Crippen LogP contribution in [-0.4, -0.2) is 26.2 Å². The predicted octanol–water partition coefficient (Wildman–Crippen LogP) is 2.78. The van der Waals surface area contributed by atoms with Crippen molar-refractivity contribution in [2.24, 2.45) is 4.99 Å². The van der Waals surface area contributed by atoms with E-state index in [9.17, 15) is 4.79 Å². The fraction of sp³-hybridized carbons (Fsp3) is 0.467. The van der Waals surface area contributed by atoms with Gasteiger partial charge in [0, 0.05) is 19.7 Å². The van der Waals surface area contributed by atoms with Crippen LogP contribution in [0.25, 0.3) is 0 Å². The van der Waals surface area contributed by atoms with Crippen molar-refractivity contribution >= 4 is 12.0 Å². The summed E-state index contributed by atoms with van der Waals surface area (Å²) in [6.07, 6.45) is 5.39. The summed E-state index contributed by atoms with van der Waals surface area (Å²) in [5.74, 6) is 1.09. The van der Waals surface area contributed by atoms with Crippen LogP contribution >= 0.6 is 0 Å². The number of ketones is 1. The molecule has 0 heterocycles. The van der Waals surface area contributed by atoms with Crippen molar-refractivity contribution < 1.29 is 9.53 Å². The molecule has 1 aliphatic carbocycles. The lowest BCUT2D eigenvalue weighted by molar-refractivity contribution is -0.123. The van der Waals surface area contributed by atoms with Crippen molar-refractivity contribution in [1.82, 2.24) is 0 Å². The minimum atomic E-state index is -0.515. The zero-order chi connectivity index (χ0) is 13.0. The van der Waals surface area contributed by atoms with Gasteiger partial charge in [-0.05, 0) is 30.5 Å². The molecule has 1 aliphatic rings. The number of carbonyl (C=O) groups excluding carboxylic acids is 1. The van der Waals surface area contributed by atoms with Gasteiger partial charge in [0.05, 0.1) is 12.5 Å². The minimum absolute atomic E-state index is 0.282. The fourth-order valence-corrected chi connectivity index (χ4v) is 2.68. The third-order valence-corrected chi connectivity index (χ3v) is 3.68. The first-order chi connectivity index (χ1) is 8.73. The molecule has 0 amide bonds. The van der Waals surface area contributed by atoms with Crippen LogP contribution in [0.4, 0.5) is 0 Å². The number of hydrogen-bond acceptors (Lipinski definition) is 3. The Morgan fingerprint density at radius 1 is 1.28 bits per heavy atom. The molecule has 1 aromatic carbocycles. The summed E-state index contributed by atoms with van der Waals surface area (Å²) in [5, 5.41) is 0. The molecule has 1 atom stereocenters. The molecule has 18 heavy (non-hydrogen) atoms. The number of hydrogen-bond donors (Lipinski definition) is 0. The van der Waals surface area contributed by atoms with Crippen LogP contribution in [0.15, 0.2) is 29.3 Å². The number of Topliss-reactive ketones (excluding diaryl/α,β-unsaturated/α-hetero) is 1. The molecule has 1 aromatic rings. The molecule has 3 nitrogen and oxygen atoms in total. The maximum absolute atomic E-state index is 12.3. The van der Waals surface area contributed by atoms with Crippen LogP contribution in [0.1, 0.15) is 31.2 Å². The Balaban J connectivity index is 2.42. The summed E-state index contributed by atoms with van der Waals surface area (Å²) >= 11 is 0. The standard InChI is InChI=1S/C15H19NO2/c1-16-11-15(10-4-3-5-14(15)17)12-6-8-13(18-2)9-7-12/h6-9,11H,3-5,10H2,1-2H3/b16-11-/t15-/m0/s1. The molecular formula is C15H19NO2. The maximum atomic E-state index is 12.3. The molecule has 0 saturated heterocycles. The SMILES string of the molecule is C/N=C\[C@]1(c2ccc(OC)cc2)CCCCC1=O. The van der Waals surface area contributed by atoms with E-state index in [2.05, 4.69) is 4.99 Å². The smallest absolute Gasteiger partial charge is 0.148 e. The molecule has 0 aromatic heterocycles. The minimum Gasteiger partial charge on any atom is -0.497 e. The zero-order valence-electron chi connectivity index (χ0n) is 11.0. The van der Waals surface area contributed by atoms with Gasteiger partial charge >= 0.3 is 0 Å². The Morgan fingerprint density at radius 3 is 2.56 bits per heavy atom. The largest absolute Gasteiger partial charge is 0.497 e. The normalized spacial score (nSPS) is 24.4. The highest BCUT2D eigenvalue weighted by Gasteiger charge is 2.39. The lowest BCUT2D eigenvalue weighted by atomic mass is 9.69. The first-order valence-corrected chi connectivity index (χ1v) is 6.34. The van der Waals surface area contributed by atoms with E-state index in [0.717, 1.165) is 30.6 Å². The second-order valence-electron chi connectivity index (χ2n) is 4.72. The van der Waals surface area contributed by atoms with E-state index >= 15 is 0 Å². The van der Waals surface area contributed by atoms with Crippen LogP contribution in [-0.2, 0) is 10.2 Å². The number of ether oxygens (including phenoxy) is 1. The second-order valence-corrected chi connectivity index (χ2v) is 4.72. The number of nitrogens with zero attached hydrogens (tertiary/aromatic N) is 1. The van der Waals surface area contributed by atoms with Gasteiger partial charge < -0.3 is 4.74 Å². The van der Waals surface area contributed by atoms with Gasteiger partial charge in [0.15, 0.2) is 0 Å². The lowest BCUT2D eigenvalue weighted by Crippen LogP contribution is -2.40. The number of methoxy groups -OCH3 is 1. The van der Waals surface area contributed by atoms with Crippen molar-refractivity contribution in [2.75, 3.05) is 14.2 Å². The monoisotopic (exact) mass is 245 g/mol. The van der Waals surface area contributed by atoms with Gasteiger partial charge in [-0.1, -0.05) is 18.6 Å². The molecule has 0 unspecified atom stereocenters. The van der Waals surface area contributed by atoms with E-state index in [1.54, 1.807) is 14.2 Å². The van der Waals surface area contributed by atoms with E-state index in [-0.39, 0.29) is 5.78 Å². The van der Waals surface area contributed by atoms with E-state index in [0.29, 0.717) is 6.42 Å². The maximum Gasteiger partial charge on any atom is 0.148 e. The Kier molecular flexibility index (Phi) is 3.80. The van der Waals surface area contributed by atoms with Crippen LogP contribution in [0, 0.1) is 0 Å². The summed E-state index contributed by atoms with van der Waals surface area (Å²) in [4.78, 5) is 16.5. The van der Waals surface area contributed by atoms with Gasteiger partial charge in [-0.25, -0.2) is 0 Å². The lowest BCUT2D eigenvalue weighted by Gasteiger charge is -2.32. The molecule has 1 saturated carbocycles. The summed E-state index contributed by atoms with van der Waals surface area (Å²) in [6.45, 7) is 0. The number of carbonyl (C=O) groups is 1. The van der Waals surface area contributed by atoms with Crippen molar-refractivity contribution in [3.8, 4) is 5.75 Å². The van der Waals surface area contributed by atoms with Gasteiger partial charge in [-0.15, -0.1) is 0 Å². The van der Waals surface area contributed by atoms with E-state index in [1.165, 1.54) is 0 Å². The van der Waals surface area contributed by atoms with Crippen LogP contribution in [0.2, 0.25) is 0 Å². The second kappa shape index (κ2) is 5.34. The van der Waals surface area contributed by atoms with Gasteiger partial charge in [0.1, 0.15) is 11.5 Å². The predicted molar refractivity (Wildman–Crippen MR) is 72.6 cm³/mol. The van der Waals surface area contributed by atoms with Crippen LogP contribution < -0.4 is 4.74 Å². The number of benzene rings is 1. The van der Waals surface area contributed by atoms with E-state index < -0.39 is 5.41 Å². The average molecular weight is 245 g/mol. The highest BCUT2D eigenvalue weighted by atomic mass is 16.5. The molecular weight excluding hydrogens is 226 g/mol. The summed E-state index contributed by atoms with van der Waals surface area (Å²) in [5.41, 5.74) is 0.512. The molecule has 0 spiro atoms. The molecule has 3 heteroatoms. The van der Waals surface area contributed by atoms with Crippen molar-refractivity contribution in [1.29, 1.82) is 0 Å². The van der Waals surface area contributed by atoms with Crippen molar-refractivity contribution in [3.63, 3.8) is 0 Å². The molecule has 1 fully saturated rings. The Bertz CT molecular complexity index is 450. The Hall–Kier alpha value is -1.64. The third-order valence-electron chi connectivity index (χ3n) is 3.68. The van der Waals surface area contributed by atoms with Crippen LogP contribution in [0.3, 0.4) is 0 Å². The molecule has 0 N–H and O–H groups in total.